The van der Waals surface area contributed by atoms with Gasteiger partial charge in [0.05, 0.1) is 27.1 Å². The van der Waals surface area contributed by atoms with E-state index in [0.29, 0.717) is 10.5 Å². The van der Waals surface area contributed by atoms with Gasteiger partial charge in [0.2, 0.25) is 5.52 Å². The minimum absolute atomic E-state index is 0.205. The van der Waals surface area contributed by atoms with E-state index in [9.17, 15) is 25.4 Å². The second kappa shape index (κ2) is 5.51. The van der Waals surface area contributed by atoms with Crippen LogP contribution < -0.4 is 4.85 Å². The van der Waals surface area contributed by atoms with Crippen molar-refractivity contribution in [2.75, 3.05) is 0 Å². The van der Waals surface area contributed by atoms with Gasteiger partial charge in [-0.05, 0) is 48.3 Å². The Kier molecular flexibility index (Phi) is 3.59. The van der Waals surface area contributed by atoms with Crippen LogP contribution in [0.3, 0.4) is 0 Å². The summed E-state index contributed by atoms with van der Waals surface area (Å²) in [6, 6.07) is 5.39. The van der Waals surface area contributed by atoms with Gasteiger partial charge >= 0.3 is 11.2 Å². The average Bonchev–Trinajstić information content (AvgIpc) is 2.86. The van der Waals surface area contributed by atoms with E-state index in [0.717, 1.165) is 33.6 Å². The quantitative estimate of drug-likeness (QED) is 0.310. The molecule has 2 aromatic carbocycles. The molecule has 0 bridgehead atoms. The number of aromatic nitrogens is 3. The van der Waals surface area contributed by atoms with Crippen LogP contribution in [0.4, 0.5) is 11.4 Å². The van der Waals surface area contributed by atoms with E-state index in [-0.39, 0.29) is 11.0 Å². The maximum atomic E-state index is 12.6. The molecule has 0 unspecified atom stereocenters. The third-order valence-corrected chi connectivity index (χ3v) is 4.06. The molecule has 0 aliphatic rings. The highest BCUT2D eigenvalue weighted by Crippen LogP contribution is 2.29. The Labute approximate surface area is 140 Å². The van der Waals surface area contributed by atoms with Gasteiger partial charge in [0.25, 0.3) is 5.69 Å². The molecule has 0 aliphatic carbocycles. The van der Waals surface area contributed by atoms with E-state index in [1.54, 1.807) is 13.0 Å². The normalized spacial score (nSPS) is 11.0. The van der Waals surface area contributed by atoms with Crippen LogP contribution in [0.1, 0.15) is 16.7 Å². The molecule has 10 heteroatoms. The van der Waals surface area contributed by atoms with Gasteiger partial charge in [-0.3, -0.25) is 20.2 Å². The molecule has 1 heterocycles. The lowest BCUT2D eigenvalue weighted by Gasteiger charge is -2.09. The Morgan fingerprint density at radius 1 is 0.960 bits per heavy atom. The molecular weight excluding hydrogens is 330 g/mol. The predicted octanol–water partition coefficient (Wildman–Crippen LogP) is 2.40. The molecule has 0 atom stereocenters. The fourth-order valence-corrected chi connectivity index (χ4v) is 2.63. The fraction of sp³-hybridized carbons (Fsp3) is 0.200. The summed E-state index contributed by atoms with van der Waals surface area (Å²) in [6.07, 6.45) is 0. The van der Waals surface area contributed by atoms with Crippen LogP contribution in [-0.2, 0) is 0 Å². The number of nitrogens with zero attached hydrogens (tertiary/aromatic N) is 5. The van der Waals surface area contributed by atoms with Crippen molar-refractivity contribution < 1.29 is 14.7 Å². The molecule has 0 fully saturated rings. The largest absolute Gasteiger partial charge is 0.692 e. The van der Waals surface area contributed by atoms with Crippen molar-refractivity contribution in [3.05, 3.63) is 66.4 Å². The number of hydrogen-bond donors (Lipinski definition) is 0. The zero-order chi connectivity index (χ0) is 18.5. The summed E-state index contributed by atoms with van der Waals surface area (Å²) >= 11 is 0. The molecule has 0 spiro atoms. The Bertz CT molecular complexity index is 1060. The van der Waals surface area contributed by atoms with Gasteiger partial charge in [-0.15, -0.1) is 4.85 Å². The number of benzene rings is 2. The van der Waals surface area contributed by atoms with Crippen molar-refractivity contribution in [3.8, 4) is 5.69 Å². The number of rotatable bonds is 3. The van der Waals surface area contributed by atoms with E-state index >= 15 is 0 Å². The molecule has 128 valence electrons. The highest BCUT2D eigenvalue weighted by atomic mass is 16.6. The highest BCUT2D eigenvalue weighted by molar-refractivity contribution is 5.84. The van der Waals surface area contributed by atoms with Crippen molar-refractivity contribution >= 4 is 22.4 Å². The van der Waals surface area contributed by atoms with E-state index in [2.05, 4.69) is 5.10 Å². The van der Waals surface area contributed by atoms with Gasteiger partial charge in [-0.2, -0.15) is 0 Å². The van der Waals surface area contributed by atoms with Gasteiger partial charge in [0.15, 0.2) is 0 Å². The zero-order valence-corrected chi connectivity index (χ0v) is 13.6. The third kappa shape index (κ3) is 2.53. The van der Waals surface area contributed by atoms with Gasteiger partial charge in [0.1, 0.15) is 5.69 Å². The van der Waals surface area contributed by atoms with Crippen LogP contribution in [0.2, 0.25) is 0 Å². The van der Waals surface area contributed by atoms with Crippen LogP contribution in [0.15, 0.2) is 24.3 Å². The Balaban J connectivity index is 2.38. The lowest BCUT2D eigenvalue weighted by Crippen LogP contribution is -2.37. The molecule has 0 saturated carbocycles. The first-order chi connectivity index (χ1) is 11.7. The molecule has 0 N–H and O–H groups in total. The number of aryl methyl sites for hydroxylation is 3. The van der Waals surface area contributed by atoms with Gasteiger partial charge in [-0.1, -0.05) is 6.07 Å². The number of nitro groups is 2. The molecule has 10 nitrogen and oxygen atoms in total. The van der Waals surface area contributed by atoms with E-state index in [1.165, 1.54) is 0 Å². The molecule has 25 heavy (non-hydrogen) atoms. The summed E-state index contributed by atoms with van der Waals surface area (Å²) in [4.78, 5) is 21.9. The molecule has 0 amide bonds. The number of non-ortho nitro benzene ring substituents is 2. The second-order valence-electron chi connectivity index (χ2n) is 5.73. The van der Waals surface area contributed by atoms with Crippen molar-refractivity contribution in [1.29, 1.82) is 0 Å². The lowest BCUT2D eigenvalue weighted by atomic mass is 10.1. The average molecular weight is 343 g/mol. The van der Waals surface area contributed by atoms with Crippen LogP contribution in [0.25, 0.3) is 16.7 Å². The van der Waals surface area contributed by atoms with Crippen molar-refractivity contribution in [1.82, 2.24) is 9.90 Å². The molecule has 1 aromatic heterocycles. The Morgan fingerprint density at radius 2 is 1.60 bits per heavy atom. The molecule has 3 aromatic rings. The maximum absolute atomic E-state index is 12.6. The minimum Gasteiger partial charge on any atom is -0.692 e. The van der Waals surface area contributed by atoms with E-state index in [1.807, 2.05) is 19.9 Å². The zero-order valence-electron chi connectivity index (χ0n) is 13.6. The SMILES string of the molecule is Cc1cc(C)c(-n2nc3c([N+](=O)[O-])cc([N+](=O)[O-])cc3[n+]2[O-])cc1C. The standard InChI is InChI=1S/C15H13N5O5/c1-8-4-10(3)12(5-9(8)2)17-16-15-13(18(17)21)6-11(19(22)23)7-14(15)20(24)25/h4-7H,1-3H3. The van der Waals surface area contributed by atoms with Crippen LogP contribution in [0, 0.1) is 46.2 Å². The summed E-state index contributed by atoms with van der Waals surface area (Å²) < 4.78 is 0. The summed E-state index contributed by atoms with van der Waals surface area (Å²) in [5.41, 5.74) is 1.57. The molecule has 0 aliphatic heterocycles. The Hall–Kier alpha value is -3.56. The topological polar surface area (TPSA) is 131 Å². The maximum Gasteiger partial charge on any atom is 0.334 e. The van der Waals surface area contributed by atoms with Gasteiger partial charge < -0.3 is 5.21 Å². The van der Waals surface area contributed by atoms with Crippen LogP contribution >= 0.6 is 0 Å². The molecule has 0 saturated heterocycles. The number of hydrogen-bond acceptors (Lipinski definition) is 6. The highest BCUT2D eigenvalue weighted by Gasteiger charge is 2.30. The first-order valence-corrected chi connectivity index (χ1v) is 7.24. The summed E-state index contributed by atoms with van der Waals surface area (Å²) in [5.74, 6) is 0. The number of nitro benzene ring substituents is 2. The summed E-state index contributed by atoms with van der Waals surface area (Å²) in [7, 11) is 0. The lowest BCUT2D eigenvalue weighted by molar-refractivity contribution is -0.664. The van der Waals surface area contributed by atoms with Gasteiger partial charge in [-0.25, -0.2) is 0 Å². The number of fused-ring (bicyclic) bond motifs is 1. The second-order valence-corrected chi connectivity index (χ2v) is 5.73. The Morgan fingerprint density at radius 3 is 2.20 bits per heavy atom. The van der Waals surface area contributed by atoms with Crippen molar-refractivity contribution in [2.24, 2.45) is 0 Å². The summed E-state index contributed by atoms with van der Waals surface area (Å²) in [5, 5.41) is 38.9. The first-order valence-electron chi connectivity index (χ1n) is 7.24. The first kappa shape index (κ1) is 16.3. The fourth-order valence-electron chi connectivity index (χ4n) is 2.63. The predicted molar refractivity (Wildman–Crippen MR) is 87.5 cm³/mol. The molecular formula is C15H13N5O5. The van der Waals surface area contributed by atoms with Crippen molar-refractivity contribution in [2.45, 2.75) is 20.8 Å². The third-order valence-electron chi connectivity index (χ3n) is 4.06. The molecule has 0 radical (unpaired) electrons. The van der Waals surface area contributed by atoms with Crippen LogP contribution in [0.5, 0.6) is 0 Å². The summed E-state index contributed by atoms with van der Waals surface area (Å²) in [6.45, 7) is 5.57. The van der Waals surface area contributed by atoms with E-state index < -0.39 is 21.2 Å². The monoisotopic (exact) mass is 343 g/mol. The van der Waals surface area contributed by atoms with Crippen molar-refractivity contribution in [3.63, 3.8) is 0 Å². The van der Waals surface area contributed by atoms with Gasteiger partial charge in [0, 0.05) is 0 Å². The minimum atomic E-state index is -0.792. The van der Waals surface area contributed by atoms with Crippen LogP contribution in [-0.4, -0.2) is 19.7 Å². The smallest absolute Gasteiger partial charge is 0.334 e. The van der Waals surface area contributed by atoms with E-state index in [4.69, 9.17) is 0 Å². The molecule has 3 rings (SSSR count).